The number of nitrogens with zero attached hydrogens (tertiary/aromatic N) is 1. The molecule has 1 saturated carbocycles. The summed E-state index contributed by atoms with van der Waals surface area (Å²) in [5.74, 6) is 1.09. The number of aromatic amines is 1. The first-order valence-corrected chi connectivity index (χ1v) is 6.70. The van der Waals surface area contributed by atoms with E-state index in [-0.39, 0.29) is 0 Å². The van der Waals surface area contributed by atoms with Crippen LogP contribution < -0.4 is 5.32 Å². The van der Waals surface area contributed by atoms with Gasteiger partial charge in [-0.1, -0.05) is 0 Å². The van der Waals surface area contributed by atoms with Crippen molar-refractivity contribution in [3.05, 3.63) is 21.9 Å². The molecule has 0 atom stereocenters. The standard InChI is InChI=1S/C12H13N3S/c1-2-7(1)13-12-9-3-4-10-8(5-6-16-10)11(9)14-15-12/h5-7H,1-4H2,(H2,13,14,15). The molecule has 4 heteroatoms. The first-order chi connectivity index (χ1) is 7.92. The van der Waals surface area contributed by atoms with Crippen molar-refractivity contribution < 1.29 is 0 Å². The lowest BCUT2D eigenvalue weighted by atomic mass is 9.96. The van der Waals surface area contributed by atoms with Gasteiger partial charge in [-0.2, -0.15) is 5.10 Å². The fourth-order valence-electron chi connectivity index (χ4n) is 2.37. The maximum absolute atomic E-state index is 4.42. The summed E-state index contributed by atoms with van der Waals surface area (Å²) in [5.41, 5.74) is 3.99. The molecular formula is C12H13N3S. The number of anilines is 1. The normalized spacial score (nSPS) is 18.0. The Hall–Kier alpha value is -1.29. The summed E-state index contributed by atoms with van der Waals surface area (Å²) in [6.07, 6.45) is 4.88. The molecule has 0 saturated heterocycles. The highest BCUT2D eigenvalue weighted by atomic mass is 32.1. The number of hydrogen-bond donors (Lipinski definition) is 2. The van der Waals surface area contributed by atoms with Crippen LogP contribution >= 0.6 is 11.3 Å². The molecule has 2 heterocycles. The van der Waals surface area contributed by atoms with E-state index in [1.54, 1.807) is 0 Å². The second-order valence-corrected chi connectivity index (χ2v) is 5.60. The molecule has 2 N–H and O–H groups in total. The smallest absolute Gasteiger partial charge is 0.151 e. The topological polar surface area (TPSA) is 40.7 Å². The summed E-state index contributed by atoms with van der Waals surface area (Å²) in [5, 5.41) is 13.3. The zero-order chi connectivity index (χ0) is 10.5. The number of nitrogens with one attached hydrogen (secondary N) is 2. The van der Waals surface area contributed by atoms with E-state index < -0.39 is 0 Å². The maximum Gasteiger partial charge on any atom is 0.151 e. The van der Waals surface area contributed by atoms with Gasteiger partial charge >= 0.3 is 0 Å². The summed E-state index contributed by atoms with van der Waals surface area (Å²) in [4.78, 5) is 1.49. The van der Waals surface area contributed by atoms with Crippen LogP contribution in [0.1, 0.15) is 23.3 Å². The third-order valence-electron chi connectivity index (χ3n) is 3.40. The van der Waals surface area contributed by atoms with E-state index >= 15 is 0 Å². The van der Waals surface area contributed by atoms with Crippen molar-refractivity contribution in [1.82, 2.24) is 10.2 Å². The lowest BCUT2D eigenvalue weighted by molar-refractivity contribution is 0.960. The average Bonchev–Trinajstić information content (AvgIpc) is 2.83. The predicted molar refractivity (Wildman–Crippen MR) is 66.0 cm³/mol. The number of hydrogen-bond acceptors (Lipinski definition) is 3. The molecule has 0 unspecified atom stereocenters. The van der Waals surface area contributed by atoms with Gasteiger partial charge in [-0.15, -0.1) is 11.3 Å². The largest absolute Gasteiger partial charge is 0.366 e. The Labute approximate surface area is 97.9 Å². The third kappa shape index (κ3) is 1.23. The van der Waals surface area contributed by atoms with Crippen LogP contribution in [-0.2, 0) is 12.8 Å². The van der Waals surface area contributed by atoms with Gasteiger partial charge in [-0.05, 0) is 37.1 Å². The van der Waals surface area contributed by atoms with E-state index in [1.165, 1.54) is 41.0 Å². The SMILES string of the molecule is c1cc2c(s1)CCc1c(NC3CC3)n[nH]c1-2. The Kier molecular flexibility index (Phi) is 1.71. The van der Waals surface area contributed by atoms with Gasteiger partial charge in [0.05, 0.1) is 5.69 Å². The van der Waals surface area contributed by atoms with Crippen molar-refractivity contribution in [1.29, 1.82) is 0 Å². The molecule has 4 rings (SSSR count). The fourth-order valence-corrected chi connectivity index (χ4v) is 3.25. The van der Waals surface area contributed by atoms with Gasteiger partial charge in [0.2, 0.25) is 0 Å². The lowest BCUT2D eigenvalue weighted by Crippen LogP contribution is -2.06. The molecule has 2 aliphatic carbocycles. The number of aryl methyl sites for hydroxylation is 1. The molecule has 2 aliphatic rings. The van der Waals surface area contributed by atoms with Crippen LogP contribution in [0, 0.1) is 0 Å². The van der Waals surface area contributed by atoms with Crippen molar-refractivity contribution >= 4 is 17.2 Å². The number of thiophene rings is 1. The van der Waals surface area contributed by atoms with Gasteiger partial charge in [0, 0.05) is 22.0 Å². The van der Waals surface area contributed by atoms with E-state index in [9.17, 15) is 0 Å². The number of H-pyrrole nitrogens is 1. The zero-order valence-electron chi connectivity index (χ0n) is 8.92. The van der Waals surface area contributed by atoms with Gasteiger partial charge in [0.25, 0.3) is 0 Å². The number of fused-ring (bicyclic) bond motifs is 3. The average molecular weight is 231 g/mol. The maximum atomic E-state index is 4.42. The monoisotopic (exact) mass is 231 g/mol. The number of rotatable bonds is 2. The van der Waals surface area contributed by atoms with E-state index in [0.29, 0.717) is 6.04 Å². The molecule has 0 bridgehead atoms. The van der Waals surface area contributed by atoms with Crippen LogP contribution in [0.15, 0.2) is 11.4 Å². The second kappa shape index (κ2) is 3.10. The summed E-state index contributed by atoms with van der Waals surface area (Å²) >= 11 is 1.86. The van der Waals surface area contributed by atoms with Crippen molar-refractivity contribution in [3.63, 3.8) is 0 Å². The van der Waals surface area contributed by atoms with Crippen molar-refractivity contribution in [2.45, 2.75) is 31.7 Å². The molecule has 0 aromatic carbocycles. The highest BCUT2D eigenvalue weighted by Gasteiger charge is 2.27. The highest BCUT2D eigenvalue weighted by molar-refractivity contribution is 7.10. The van der Waals surface area contributed by atoms with E-state index in [0.717, 1.165) is 12.2 Å². The molecule has 16 heavy (non-hydrogen) atoms. The minimum atomic E-state index is 0.677. The Morgan fingerprint density at radius 3 is 3.19 bits per heavy atom. The van der Waals surface area contributed by atoms with Gasteiger partial charge in [0.15, 0.2) is 5.82 Å². The van der Waals surface area contributed by atoms with E-state index in [4.69, 9.17) is 0 Å². The summed E-state index contributed by atoms with van der Waals surface area (Å²) in [6.45, 7) is 0. The third-order valence-corrected chi connectivity index (χ3v) is 4.38. The van der Waals surface area contributed by atoms with Gasteiger partial charge in [0.1, 0.15) is 0 Å². The Morgan fingerprint density at radius 1 is 1.38 bits per heavy atom. The Balaban J connectivity index is 1.79. The van der Waals surface area contributed by atoms with Crippen LogP contribution in [-0.4, -0.2) is 16.2 Å². The van der Waals surface area contributed by atoms with Gasteiger partial charge in [-0.25, -0.2) is 0 Å². The molecule has 0 aliphatic heterocycles. The molecule has 1 fully saturated rings. The number of aromatic nitrogens is 2. The molecule has 2 aromatic heterocycles. The van der Waals surface area contributed by atoms with Crippen LogP contribution in [0.25, 0.3) is 11.3 Å². The second-order valence-electron chi connectivity index (χ2n) is 4.60. The summed E-state index contributed by atoms with van der Waals surface area (Å²) in [7, 11) is 0. The Morgan fingerprint density at radius 2 is 2.31 bits per heavy atom. The van der Waals surface area contributed by atoms with Crippen molar-refractivity contribution in [2.24, 2.45) is 0 Å². The molecular weight excluding hydrogens is 218 g/mol. The van der Waals surface area contributed by atoms with Crippen LogP contribution in [0.2, 0.25) is 0 Å². The minimum Gasteiger partial charge on any atom is -0.366 e. The Bertz CT molecular complexity index is 536. The first-order valence-electron chi connectivity index (χ1n) is 5.82. The molecule has 3 nitrogen and oxygen atoms in total. The van der Waals surface area contributed by atoms with Gasteiger partial charge in [-0.3, -0.25) is 5.10 Å². The molecule has 2 aromatic rings. The summed E-state index contributed by atoms with van der Waals surface area (Å²) in [6, 6.07) is 2.88. The fraction of sp³-hybridized carbons (Fsp3) is 0.417. The lowest BCUT2D eigenvalue weighted by Gasteiger charge is -2.12. The van der Waals surface area contributed by atoms with Crippen molar-refractivity contribution in [3.8, 4) is 11.3 Å². The zero-order valence-corrected chi connectivity index (χ0v) is 9.73. The molecule has 0 amide bonds. The van der Waals surface area contributed by atoms with E-state index in [1.807, 2.05) is 11.3 Å². The van der Waals surface area contributed by atoms with Crippen LogP contribution in [0.3, 0.4) is 0 Å². The molecule has 0 radical (unpaired) electrons. The quantitative estimate of drug-likeness (QED) is 0.834. The predicted octanol–water partition coefficient (Wildman–Crippen LogP) is 2.81. The summed E-state index contributed by atoms with van der Waals surface area (Å²) < 4.78 is 0. The van der Waals surface area contributed by atoms with Crippen molar-refractivity contribution in [2.75, 3.05) is 5.32 Å². The van der Waals surface area contributed by atoms with Crippen LogP contribution in [0.5, 0.6) is 0 Å². The minimum absolute atomic E-state index is 0.677. The molecule has 82 valence electrons. The highest BCUT2D eigenvalue weighted by Crippen LogP contribution is 2.39. The first kappa shape index (κ1) is 8.82. The van der Waals surface area contributed by atoms with E-state index in [2.05, 4.69) is 27.0 Å². The van der Waals surface area contributed by atoms with Gasteiger partial charge < -0.3 is 5.32 Å². The molecule has 0 spiro atoms. The van der Waals surface area contributed by atoms with Crippen LogP contribution in [0.4, 0.5) is 5.82 Å².